The van der Waals surface area contributed by atoms with Crippen molar-refractivity contribution in [2.75, 3.05) is 13.2 Å². The molecular formula is C16H23O4S2-. The number of hydrogen-bond donors (Lipinski definition) is 2. The van der Waals surface area contributed by atoms with Crippen LogP contribution in [0.5, 0.6) is 0 Å². The van der Waals surface area contributed by atoms with Crippen LogP contribution >= 0.6 is 12.6 Å². The van der Waals surface area contributed by atoms with Gasteiger partial charge in [-0.15, -0.1) is 17.5 Å². The van der Waals surface area contributed by atoms with Crippen LogP contribution in [0.4, 0.5) is 0 Å². The first-order chi connectivity index (χ1) is 10.4. The van der Waals surface area contributed by atoms with Crippen molar-refractivity contribution in [3.63, 3.8) is 0 Å². The predicted octanol–water partition coefficient (Wildman–Crippen LogP) is 4.25. The van der Waals surface area contributed by atoms with Gasteiger partial charge in [-0.05, 0) is 31.5 Å². The molecule has 0 spiro atoms. The molecule has 0 aromatic heterocycles. The summed E-state index contributed by atoms with van der Waals surface area (Å²) in [6.07, 6.45) is 1.94. The number of hydrogen-bond acceptors (Lipinski definition) is 6. The van der Waals surface area contributed by atoms with Crippen LogP contribution in [0.2, 0.25) is 0 Å². The molecule has 1 N–H and O–H groups in total. The molecule has 0 bridgehead atoms. The van der Waals surface area contributed by atoms with Gasteiger partial charge in [0.1, 0.15) is 0 Å². The number of aliphatic hydroxyl groups is 1. The van der Waals surface area contributed by atoms with Crippen LogP contribution in [0.25, 0.3) is 0 Å². The highest BCUT2D eigenvalue weighted by Crippen LogP contribution is 2.10. The number of unbranched alkanes of at least 4 members (excludes halogenated alkanes) is 1. The van der Waals surface area contributed by atoms with Gasteiger partial charge in [-0.2, -0.15) is 0 Å². The molecule has 0 unspecified atom stereocenters. The van der Waals surface area contributed by atoms with Crippen LogP contribution in [0, 0.1) is 0 Å². The van der Waals surface area contributed by atoms with Gasteiger partial charge in [0.25, 0.3) is 5.95 Å². The van der Waals surface area contributed by atoms with Gasteiger partial charge in [0.05, 0.1) is 18.8 Å². The fraction of sp³-hybridized carbons (Fsp3) is 0.438. The zero-order valence-electron chi connectivity index (χ0n) is 13.2. The SMILES string of the molecule is CCCCOC(=O)c1cccc(S)c1.CCOC(O)=C(C)[S-]. The molecule has 0 aliphatic rings. The van der Waals surface area contributed by atoms with E-state index in [1.165, 1.54) is 0 Å². The number of benzene rings is 1. The van der Waals surface area contributed by atoms with Crippen molar-refractivity contribution < 1.29 is 19.4 Å². The number of ether oxygens (including phenoxy) is 2. The Hall–Kier alpha value is -1.40. The van der Waals surface area contributed by atoms with Crippen LogP contribution < -0.4 is 0 Å². The minimum Gasteiger partial charge on any atom is -0.777 e. The van der Waals surface area contributed by atoms with Crippen LogP contribution in [0.3, 0.4) is 0 Å². The van der Waals surface area contributed by atoms with Gasteiger partial charge in [0.15, 0.2) is 0 Å². The second-order valence-corrected chi connectivity index (χ2v) is 5.46. The summed E-state index contributed by atoms with van der Waals surface area (Å²) in [7, 11) is 0. The van der Waals surface area contributed by atoms with E-state index in [0.29, 0.717) is 23.7 Å². The van der Waals surface area contributed by atoms with Crippen molar-refractivity contribution in [2.45, 2.75) is 38.5 Å². The van der Waals surface area contributed by atoms with Gasteiger partial charge >= 0.3 is 5.97 Å². The molecule has 124 valence electrons. The van der Waals surface area contributed by atoms with Gasteiger partial charge in [-0.1, -0.05) is 26.3 Å². The summed E-state index contributed by atoms with van der Waals surface area (Å²) in [6, 6.07) is 7.05. The summed E-state index contributed by atoms with van der Waals surface area (Å²) in [5.41, 5.74) is 0.564. The Morgan fingerprint density at radius 1 is 1.32 bits per heavy atom. The number of esters is 1. The number of thiol groups is 1. The van der Waals surface area contributed by atoms with E-state index in [9.17, 15) is 4.79 Å². The van der Waals surface area contributed by atoms with Crippen LogP contribution in [0.15, 0.2) is 40.0 Å². The molecule has 0 amide bonds. The zero-order chi connectivity index (χ0) is 17.0. The summed E-state index contributed by atoms with van der Waals surface area (Å²) in [6.45, 7) is 6.41. The maximum absolute atomic E-state index is 11.4. The lowest BCUT2D eigenvalue weighted by molar-refractivity contribution is 0.0499. The van der Waals surface area contributed by atoms with E-state index in [2.05, 4.69) is 36.9 Å². The van der Waals surface area contributed by atoms with Gasteiger partial charge in [0, 0.05) is 4.90 Å². The summed E-state index contributed by atoms with van der Waals surface area (Å²) in [5, 5.41) is 8.68. The van der Waals surface area contributed by atoms with Crippen molar-refractivity contribution >= 4 is 31.2 Å². The van der Waals surface area contributed by atoms with Gasteiger partial charge < -0.3 is 27.2 Å². The highest BCUT2D eigenvalue weighted by Gasteiger charge is 2.05. The van der Waals surface area contributed by atoms with Crippen LogP contribution in [-0.2, 0) is 22.1 Å². The molecular weight excluding hydrogens is 320 g/mol. The Kier molecular flexibility index (Phi) is 11.4. The first-order valence-electron chi connectivity index (χ1n) is 7.08. The molecule has 0 aliphatic heterocycles. The lowest BCUT2D eigenvalue weighted by Gasteiger charge is -2.08. The average Bonchev–Trinajstić information content (AvgIpc) is 2.48. The quantitative estimate of drug-likeness (QED) is 0.266. The summed E-state index contributed by atoms with van der Waals surface area (Å²) in [5.74, 6) is -0.406. The van der Waals surface area contributed by atoms with Crippen molar-refractivity contribution in [3.8, 4) is 0 Å². The number of rotatable bonds is 6. The fourth-order valence-corrected chi connectivity index (χ4v) is 1.55. The predicted molar refractivity (Wildman–Crippen MR) is 93.2 cm³/mol. The minimum atomic E-state index is -0.269. The molecule has 0 atom stereocenters. The highest BCUT2D eigenvalue weighted by atomic mass is 32.1. The minimum absolute atomic E-state index is 0.137. The Labute approximate surface area is 143 Å². The normalized spacial score (nSPS) is 10.9. The average molecular weight is 343 g/mol. The first kappa shape index (κ1) is 20.6. The standard InChI is InChI=1S/C11H14O2S.C5H10O2S/c1-2-3-7-13-11(12)9-5-4-6-10(14)8-9;1-3-7-5(6)4(2)8/h4-6,8,14H,2-3,7H2,1H3;6,8H,3H2,1-2H3/p-1. The van der Waals surface area contributed by atoms with E-state index in [1.807, 2.05) is 6.07 Å². The van der Waals surface area contributed by atoms with E-state index in [0.717, 1.165) is 17.7 Å². The van der Waals surface area contributed by atoms with Crippen molar-refractivity contribution in [3.05, 3.63) is 40.7 Å². The van der Waals surface area contributed by atoms with E-state index in [-0.39, 0.29) is 11.9 Å². The zero-order valence-corrected chi connectivity index (χ0v) is 14.9. The Morgan fingerprint density at radius 3 is 2.45 bits per heavy atom. The number of carbonyl (C=O) groups excluding carboxylic acids is 1. The van der Waals surface area contributed by atoms with Crippen molar-refractivity contribution in [1.29, 1.82) is 0 Å². The summed E-state index contributed by atoms with van der Waals surface area (Å²) >= 11 is 8.72. The first-order valence-corrected chi connectivity index (χ1v) is 7.93. The smallest absolute Gasteiger partial charge is 0.338 e. The Balaban J connectivity index is 0.000000472. The molecule has 22 heavy (non-hydrogen) atoms. The largest absolute Gasteiger partial charge is 0.777 e. The molecule has 0 saturated carbocycles. The van der Waals surface area contributed by atoms with E-state index < -0.39 is 0 Å². The summed E-state index contributed by atoms with van der Waals surface area (Å²) < 4.78 is 9.68. The monoisotopic (exact) mass is 343 g/mol. The molecule has 4 nitrogen and oxygen atoms in total. The second-order valence-electron chi connectivity index (χ2n) is 4.33. The third-order valence-electron chi connectivity index (χ3n) is 2.40. The fourth-order valence-electron chi connectivity index (χ4n) is 1.26. The Bertz CT molecular complexity index is 483. The van der Waals surface area contributed by atoms with Gasteiger partial charge in [-0.3, -0.25) is 0 Å². The lowest BCUT2D eigenvalue weighted by atomic mass is 10.2. The van der Waals surface area contributed by atoms with E-state index in [1.54, 1.807) is 32.0 Å². The molecule has 0 fully saturated rings. The van der Waals surface area contributed by atoms with Crippen molar-refractivity contribution in [2.24, 2.45) is 0 Å². The topological polar surface area (TPSA) is 55.8 Å². The molecule has 1 aromatic rings. The Morgan fingerprint density at radius 2 is 2.00 bits per heavy atom. The van der Waals surface area contributed by atoms with E-state index in [4.69, 9.17) is 9.84 Å². The number of allylic oxidation sites excluding steroid dienone is 1. The molecule has 6 heteroatoms. The van der Waals surface area contributed by atoms with Crippen molar-refractivity contribution in [1.82, 2.24) is 0 Å². The second kappa shape index (κ2) is 12.2. The number of carbonyl (C=O) groups is 1. The van der Waals surface area contributed by atoms with Gasteiger partial charge in [-0.25, -0.2) is 4.79 Å². The highest BCUT2D eigenvalue weighted by molar-refractivity contribution is 7.80. The third kappa shape index (κ3) is 9.52. The van der Waals surface area contributed by atoms with Crippen LogP contribution in [0.1, 0.15) is 44.0 Å². The molecule has 0 aliphatic carbocycles. The molecule has 1 aromatic carbocycles. The maximum atomic E-state index is 11.4. The van der Waals surface area contributed by atoms with E-state index >= 15 is 0 Å². The third-order valence-corrected chi connectivity index (χ3v) is 2.85. The molecule has 0 heterocycles. The van der Waals surface area contributed by atoms with Gasteiger partial charge in [0.2, 0.25) is 0 Å². The lowest BCUT2D eigenvalue weighted by Crippen LogP contribution is -2.06. The summed E-state index contributed by atoms with van der Waals surface area (Å²) in [4.78, 5) is 12.6. The molecule has 0 saturated heterocycles. The maximum Gasteiger partial charge on any atom is 0.338 e. The van der Waals surface area contributed by atoms with Crippen LogP contribution in [-0.4, -0.2) is 24.3 Å². The molecule has 0 radical (unpaired) electrons. The number of aliphatic hydroxyl groups excluding tert-OH is 1. The molecule has 1 rings (SSSR count).